The van der Waals surface area contributed by atoms with E-state index in [4.69, 9.17) is 0 Å². The molecule has 3 rings (SSSR count). The largest absolute Gasteiger partial charge is 0.392 e. The number of hydrogen-bond donors (Lipinski definition) is 2. The maximum atomic E-state index is 10.1. The van der Waals surface area contributed by atoms with Crippen molar-refractivity contribution >= 4 is 11.3 Å². The van der Waals surface area contributed by atoms with E-state index in [1.807, 2.05) is 19.2 Å². The smallest absolute Gasteiger partial charge is 0.0897 e. The summed E-state index contributed by atoms with van der Waals surface area (Å²) in [6.45, 7) is 6.77. The molecule has 2 N–H and O–H groups in total. The molecule has 1 aromatic carbocycles. The zero-order valence-electron chi connectivity index (χ0n) is 13.8. The number of nitrogens with zero attached hydrogens (tertiary/aromatic N) is 2. The molecule has 0 radical (unpaired) electrons. The number of benzene rings is 1. The number of aliphatic hydroxyl groups excluding tert-OH is 1. The van der Waals surface area contributed by atoms with Gasteiger partial charge in [0.15, 0.2) is 0 Å². The van der Waals surface area contributed by atoms with Crippen LogP contribution in [0.15, 0.2) is 36.5 Å². The van der Waals surface area contributed by atoms with Gasteiger partial charge in [-0.1, -0.05) is 30.3 Å². The maximum Gasteiger partial charge on any atom is 0.0897 e. The van der Waals surface area contributed by atoms with Gasteiger partial charge in [-0.2, -0.15) is 0 Å². The molecule has 3 unspecified atom stereocenters. The monoisotopic (exact) mass is 331 g/mol. The van der Waals surface area contributed by atoms with Gasteiger partial charge < -0.3 is 10.4 Å². The highest BCUT2D eigenvalue weighted by molar-refractivity contribution is 7.11. The van der Waals surface area contributed by atoms with Gasteiger partial charge in [0.1, 0.15) is 0 Å². The Hall–Kier alpha value is -1.27. The number of aromatic nitrogens is 1. The summed E-state index contributed by atoms with van der Waals surface area (Å²) in [4.78, 5) is 7.99. The van der Waals surface area contributed by atoms with Gasteiger partial charge in [-0.3, -0.25) is 4.90 Å². The van der Waals surface area contributed by atoms with E-state index in [0.29, 0.717) is 12.1 Å². The van der Waals surface area contributed by atoms with Gasteiger partial charge in [-0.05, 0) is 25.8 Å². The van der Waals surface area contributed by atoms with Gasteiger partial charge >= 0.3 is 0 Å². The van der Waals surface area contributed by atoms with Gasteiger partial charge in [0.25, 0.3) is 0 Å². The summed E-state index contributed by atoms with van der Waals surface area (Å²) in [5, 5.41) is 14.8. The van der Waals surface area contributed by atoms with Gasteiger partial charge in [0, 0.05) is 42.8 Å². The van der Waals surface area contributed by atoms with Crippen LogP contribution in [0, 0.1) is 6.92 Å². The number of thiazole rings is 1. The second kappa shape index (κ2) is 7.53. The molecule has 2 aromatic rings. The number of hydrogen-bond acceptors (Lipinski definition) is 5. The minimum Gasteiger partial charge on any atom is -0.392 e. The Morgan fingerprint density at radius 3 is 2.87 bits per heavy atom. The molecular weight excluding hydrogens is 306 g/mol. The first-order chi connectivity index (χ1) is 11.1. The Morgan fingerprint density at radius 1 is 1.39 bits per heavy atom. The summed E-state index contributed by atoms with van der Waals surface area (Å²) in [5.41, 5.74) is 1.30. The third-order valence-electron chi connectivity index (χ3n) is 4.46. The van der Waals surface area contributed by atoms with Crippen LogP contribution < -0.4 is 5.32 Å². The van der Waals surface area contributed by atoms with Crippen molar-refractivity contribution in [1.29, 1.82) is 0 Å². The molecule has 0 saturated carbocycles. The van der Waals surface area contributed by atoms with Crippen LogP contribution in [0.25, 0.3) is 0 Å². The molecule has 4 nitrogen and oxygen atoms in total. The molecule has 1 saturated heterocycles. The molecule has 124 valence electrons. The maximum absolute atomic E-state index is 10.1. The van der Waals surface area contributed by atoms with Crippen LogP contribution in [0.2, 0.25) is 0 Å². The SMILES string of the molecule is Cc1ncc(C(C)NCC2CC(O)CN2Cc2ccccc2)s1. The van der Waals surface area contributed by atoms with Gasteiger partial charge in [-0.15, -0.1) is 11.3 Å². The average molecular weight is 331 g/mol. The molecule has 5 heteroatoms. The molecule has 0 amide bonds. The third kappa shape index (κ3) is 4.38. The van der Waals surface area contributed by atoms with Gasteiger partial charge in [0.05, 0.1) is 11.1 Å². The van der Waals surface area contributed by atoms with Crippen molar-refractivity contribution < 1.29 is 5.11 Å². The Morgan fingerprint density at radius 2 is 2.17 bits per heavy atom. The Balaban J connectivity index is 1.57. The average Bonchev–Trinajstić information content (AvgIpc) is 3.12. The molecule has 2 heterocycles. The van der Waals surface area contributed by atoms with Crippen molar-refractivity contribution in [1.82, 2.24) is 15.2 Å². The quantitative estimate of drug-likeness (QED) is 0.854. The topological polar surface area (TPSA) is 48.4 Å². The predicted molar refractivity (Wildman–Crippen MR) is 94.5 cm³/mol. The first-order valence-electron chi connectivity index (χ1n) is 8.23. The summed E-state index contributed by atoms with van der Waals surface area (Å²) in [5.74, 6) is 0. The van der Waals surface area contributed by atoms with Crippen LogP contribution in [-0.2, 0) is 6.54 Å². The minimum atomic E-state index is -0.216. The Bertz CT molecular complexity index is 616. The number of aliphatic hydroxyl groups is 1. The van der Waals surface area contributed by atoms with E-state index < -0.39 is 0 Å². The number of likely N-dealkylation sites (tertiary alicyclic amines) is 1. The highest BCUT2D eigenvalue weighted by Gasteiger charge is 2.30. The van der Waals surface area contributed by atoms with E-state index in [1.165, 1.54) is 10.4 Å². The highest BCUT2D eigenvalue weighted by Crippen LogP contribution is 2.23. The van der Waals surface area contributed by atoms with Crippen LogP contribution in [0.1, 0.15) is 34.8 Å². The van der Waals surface area contributed by atoms with Crippen LogP contribution in [0.5, 0.6) is 0 Å². The van der Waals surface area contributed by atoms with Crippen molar-refractivity contribution in [2.45, 2.75) is 45.0 Å². The fourth-order valence-corrected chi connectivity index (χ4v) is 3.98. The van der Waals surface area contributed by atoms with Crippen molar-refractivity contribution in [2.75, 3.05) is 13.1 Å². The number of aryl methyl sites for hydroxylation is 1. The highest BCUT2D eigenvalue weighted by atomic mass is 32.1. The Labute approximate surface area is 142 Å². The molecule has 1 aromatic heterocycles. The summed E-state index contributed by atoms with van der Waals surface area (Å²) in [6, 6.07) is 11.2. The molecule has 3 atom stereocenters. The van der Waals surface area contributed by atoms with E-state index in [1.54, 1.807) is 11.3 Å². The zero-order chi connectivity index (χ0) is 16.2. The summed E-state index contributed by atoms with van der Waals surface area (Å²) in [6.07, 6.45) is 2.59. The fourth-order valence-electron chi connectivity index (χ4n) is 3.17. The second-order valence-corrected chi connectivity index (χ2v) is 7.64. The van der Waals surface area contributed by atoms with Crippen molar-refractivity contribution in [3.8, 4) is 0 Å². The molecule has 1 aliphatic rings. The molecule has 0 aliphatic carbocycles. The second-order valence-electron chi connectivity index (χ2n) is 6.37. The van der Waals surface area contributed by atoms with E-state index >= 15 is 0 Å². The molecule has 1 fully saturated rings. The summed E-state index contributed by atoms with van der Waals surface area (Å²) >= 11 is 1.75. The molecule has 0 bridgehead atoms. The van der Waals surface area contributed by atoms with Crippen LogP contribution in [0.3, 0.4) is 0 Å². The zero-order valence-corrected chi connectivity index (χ0v) is 14.6. The lowest BCUT2D eigenvalue weighted by Crippen LogP contribution is -2.38. The fraction of sp³-hybridized carbons (Fsp3) is 0.500. The van der Waals surface area contributed by atoms with E-state index in [-0.39, 0.29) is 6.10 Å². The van der Waals surface area contributed by atoms with Crippen molar-refractivity contribution in [3.63, 3.8) is 0 Å². The van der Waals surface area contributed by atoms with E-state index in [2.05, 4.69) is 46.4 Å². The molecular formula is C18H25N3OS. The number of rotatable bonds is 6. The first-order valence-corrected chi connectivity index (χ1v) is 9.05. The molecule has 23 heavy (non-hydrogen) atoms. The van der Waals surface area contributed by atoms with Gasteiger partial charge in [-0.25, -0.2) is 4.98 Å². The normalized spacial score (nSPS) is 23.3. The minimum absolute atomic E-state index is 0.216. The van der Waals surface area contributed by atoms with E-state index in [0.717, 1.165) is 31.1 Å². The predicted octanol–water partition coefficient (Wildman–Crippen LogP) is 2.74. The standard InChI is InChI=1S/C18H25N3OS/c1-13(18-10-20-14(2)23-18)19-9-16-8-17(22)12-21(16)11-15-6-4-3-5-7-15/h3-7,10,13,16-17,19,22H,8-9,11-12H2,1-2H3. The van der Waals surface area contributed by atoms with Crippen molar-refractivity contribution in [2.24, 2.45) is 0 Å². The lowest BCUT2D eigenvalue weighted by atomic mass is 10.1. The van der Waals surface area contributed by atoms with Crippen LogP contribution >= 0.6 is 11.3 Å². The van der Waals surface area contributed by atoms with Crippen LogP contribution in [-0.4, -0.2) is 40.2 Å². The van der Waals surface area contributed by atoms with Gasteiger partial charge in [0.2, 0.25) is 0 Å². The molecule has 1 aliphatic heterocycles. The summed E-state index contributed by atoms with van der Waals surface area (Å²) in [7, 11) is 0. The van der Waals surface area contributed by atoms with E-state index in [9.17, 15) is 5.11 Å². The number of nitrogens with one attached hydrogen (secondary N) is 1. The first kappa shape index (κ1) is 16.6. The van der Waals surface area contributed by atoms with Crippen LogP contribution in [0.4, 0.5) is 0 Å². The summed E-state index contributed by atoms with van der Waals surface area (Å²) < 4.78 is 0. The molecule has 0 spiro atoms. The number of β-amino-alcohol motifs (C(OH)–C–C–N with tert-alkyl or cyclic N) is 1. The third-order valence-corrected chi connectivity index (χ3v) is 5.56. The van der Waals surface area contributed by atoms with Crippen molar-refractivity contribution in [3.05, 3.63) is 52.0 Å². The lowest BCUT2D eigenvalue weighted by molar-refractivity contribution is 0.172. The Kier molecular flexibility index (Phi) is 5.43. The lowest BCUT2D eigenvalue weighted by Gasteiger charge is -2.25.